The highest BCUT2D eigenvalue weighted by Gasteiger charge is 2.06. The van der Waals surface area contributed by atoms with Crippen LogP contribution in [0.25, 0.3) is 0 Å². The number of hydrogen-bond acceptors (Lipinski definition) is 5. The van der Waals surface area contributed by atoms with Crippen molar-refractivity contribution in [2.75, 3.05) is 12.4 Å². The lowest BCUT2D eigenvalue weighted by Gasteiger charge is -2.05. The molecule has 3 rings (SSSR count). The van der Waals surface area contributed by atoms with Gasteiger partial charge in [0.25, 0.3) is 0 Å². The Morgan fingerprint density at radius 3 is 2.65 bits per heavy atom. The fourth-order valence-corrected chi connectivity index (χ4v) is 2.84. The molecule has 1 N–H and O–H groups in total. The maximum absolute atomic E-state index is 12.8. The van der Waals surface area contributed by atoms with Crippen molar-refractivity contribution in [1.29, 1.82) is 0 Å². The van der Waals surface area contributed by atoms with Gasteiger partial charge in [0.05, 0.1) is 6.61 Å². The fraction of sp³-hybridized carbons (Fsp3) is 0.222. The molecule has 0 aliphatic carbocycles. The molecule has 0 unspecified atom stereocenters. The predicted molar refractivity (Wildman–Crippen MR) is 99.5 cm³/mol. The summed E-state index contributed by atoms with van der Waals surface area (Å²) < 4.78 is 24.0. The molecule has 0 amide bonds. The zero-order chi connectivity index (χ0) is 18.4. The van der Waals surface area contributed by atoms with Crippen LogP contribution in [0.2, 0.25) is 5.02 Å². The average molecular weight is 394 g/mol. The van der Waals surface area contributed by atoms with Crippen molar-refractivity contribution < 1.29 is 13.9 Å². The highest BCUT2D eigenvalue weighted by Crippen LogP contribution is 2.22. The number of nitrogens with zero attached hydrogens (tertiary/aromatic N) is 2. The number of halogens is 2. The van der Waals surface area contributed by atoms with Crippen LogP contribution >= 0.6 is 23.4 Å². The Balaban J connectivity index is 1.41. The van der Waals surface area contributed by atoms with Crippen LogP contribution in [-0.4, -0.2) is 27.5 Å². The lowest BCUT2D eigenvalue weighted by Crippen LogP contribution is -2.00. The molecule has 0 saturated carbocycles. The van der Waals surface area contributed by atoms with E-state index in [1.54, 1.807) is 18.2 Å². The number of benzene rings is 2. The summed E-state index contributed by atoms with van der Waals surface area (Å²) in [5, 5.41) is 8.32. The topological polar surface area (TPSA) is 60.0 Å². The lowest BCUT2D eigenvalue weighted by atomic mass is 10.2. The van der Waals surface area contributed by atoms with Crippen molar-refractivity contribution in [3.63, 3.8) is 0 Å². The summed E-state index contributed by atoms with van der Waals surface area (Å²) in [5.41, 5.74) is 0.958. The van der Waals surface area contributed by atoms with Crippen LogP contribution in [0.5, 0.6) is 11.5 Å². The number of ether oxygens (including phenoxy) is 2. The fourth-order valence-electron chi connectivity index (χ4n) is 2.09. The quantitative estimate of drug-likeness (QED) is 0.445. The molecule has 0 aliphatic heterocycles. The van der Waals surface area contributed by atoms with E-state index in [9.17, 15) is 4.39 Å². The van der Waals surface area contributed by atoms with Crippen LogP contribution in [0, 0.1) is 12.7 Å². The third-order valence-electron chi connectivity index (χ3n) is 3.41. The van der Waals surface area contributed by atoms with E-state index >= 15 is 0 Å². The van der Waals surface area contributed by atoms with Crippen LogP contribution < -0.4 is 9.47 Å². The molecular formula is C18H17ClFN3O2S. The standard InChI is InChI=1S/C18H17ClFN3O2S/c1-12-10-15(6-7-16(12)19)25-11-17-21-18(23-22-17)26-9-8-24-14-4-2-13(20)3-5-14/h2-7,10H,8-9,11H2,1H3,(H,21,22,23). The molecule has 0 saturated heterocycles. The molecular weight excluding hydrogens is 377 g/mol. The second kappa shape index (κ2) is 8.91. The van der Waals surface area contributed by atoms with Gasteiger partial charge in [0.1, 0.15) is 23.9 Å². The van der Waals surface area contributed by atoms with Crippen molar-refractivity contribution in [1.82, 2.24) is 15.2 Å². The highest BCUT2D eigenvalue weighted by molar-refractivity contribution is 7.99. The molecule has 3 aromatic rings. The Bertz CT molecular complexity index is 858. The van der Waals surface area contributed by atoms with Crippen molar-refractivity contribution in [2.24, 2.45) is 0 Å². The minimum absolute atomic E-state index is 0.282. The first-order valence-electron chi connectivity index (χ1n) is 7.91. The summed E-state index contributed by atoms with van der Waals surface area (Å²) in [4.78, 5) is 4.36. The van der Waals surface area contributed by atoms with E-state index in [0.717, 1.165) is 11.3 Å². The molecule has 0 aliphatic rings. The van der Waals surface area contributed by atoms with E-state index < -0.39 is 0 Å². The van der Waals surface area contributed by atoms with Gasteiger partial charge in [-0.3, -0.25) is 5.10 Å². The van der Waals surface area contributed by atoms with E-state index in [0.29, 0.717) is 40.7 Å². The van der Waals surface area contributed by atoms with Crippen molar-refractivity contribution in [3.8, 4) is 11.5 Å². The Morgan fingerprint density at radius 1 is 1.12 bits per heavy atom. The summed E-state index contributed by atoms with van der Waals surface area (Å²) in [5.74, 6) is 2.39. The third-order valence-corrected chi connectivity index (χ3v) is 4.65. The second-order valence-electron chi connectivity index (χ2n) is 5.42. The zero-order valence-electron chi connectivity index (χ0n) is 14.0. The molecule has 5 nitrogen and oxygen atoms in total. The smallest absolute Gasteiger partial charge is 0.208 e. The molecule has 26 heavy (non-hydrogen) atoms. The Kier molecular flexibility index (Phi) is 6.35. The Hall–Kier alpha value is -2.25. The summed E-state index contributed by atoms with van der Waals surface area (Å²) in [6.07, 6.45) is 0. The number of nitrogens with one attached hydrogen (secondary N) is 1. The maximum Gasteiger partial charge on any atom is 0.208 e. The molecule has 1 heterocycles. The molecule has 0 atom stereocenters. The molecule has 0 radical (unpaired) electrons. The minimum atomic E-state index is -0.282. The summed E-state index contributed by atoms with van der Waals surface area (Å²) in [7, 11) is 0. The lowest BCUT2D eigenvalue weighted by molar-refractivity contribution is 0.296. The molecule has 0 fully saturated rings. The minimum Gasteiger partial charge on any atom is -0.493 e. The second-order valence-corrected chi connectivity index (χ2v) is 6.88. The first-order chi connectivity index (χ1) is 12.6. The number of aromatic amines is 1. The number of aryl methyl sites for hydroxylation is 1. The van der Waals surface area contributed by atoms with Crippen molar-refractivity contribution in [3.05, 3.63) is 64.7 Å². The predicted octanol–water partition coefficient (Wildman–Crippen LogP) is 4.66. The maximum atomic E-state index is 12.8. The van der Waals surface area contributed by atoms with Crippen molar-refractivity contribution in [2.45, 2.75) is 18.7 Å². The molecule has 136 valence electrons. The SMILES string of the molecule is Cc1cc(OCc2nc(SCCOc3ccc(F)cc3)n[nH]2)ccc1Cl. The van der Waals surface area contributed by atoms with Gasteiger partial charge in [0.15, 0.2) is 5.82 Å². The normalized spacial score (nSPS) is 10.7. The van der Waals surface area contributed by atoms with Crippen molar-refractivity contribution >= 4 is 23.4 Å². The number of thioether (sulfide) groups is 1. The Labute approximate surface area is 159 Å². The van der Waals surface area contributed by atoms with Gasteiger partial charge in [0.2, 0.25) is 5.16 Å². The monoisotopic (exact) mass is 393 g/mol. The van der Waals surface area contributed by atoms with Gasteiger partial charge in [-0.05, 0) is 55.0 Å². The number of rotatable bonds is 8. The summed E-state index contributed by atoms with van der Waals surface area (Å²) >= 11 is 7.46. The van der Waals surface area contributed by atoms with Gasteiger partial charge in [0, 0.05) is 10.8 Å². The highest BCUT2D eigenvalue weighted by atomic mass is 35.5. The summed E-state index contributed by atoms with van der Waals surface area (Å²) in [6.45, 7) is 2.69. The summed E-state index contributed by atoms with van der Waals surface area (Å²) in [6, 6.07) is 11.4. The van der Waals surface area contributed by atoms with Crippen LogP contribution in [0.15, 0.2) is 47.6 Å². The Morgan fingerprint density at radius 2 is 1.88 bits per heavy atom. The zero-order valence-corrected chi connectivity index (χ0v) is 15.6. The van der Waals surface area contributed by atoms with E-state index in [4.69, 9.17) is 21.1 Å². The van der Waals surface area contributed by atoms with Crippen LogP contribution in [0.1, 0.15) is 11.4 Å². The van der Waals surface area contributed by atoms with E-state index in [2.05, 4.69) is 15.2 Å². The number of aromatic nitrogens is 3. The van der Waals surface area contributed by atoms with E-state index in [1.807, 2.05) is 19.1 Å². The van der Waals surface area contributed by atoms with E-state index in [1.165, 1.54) is 23.9 Å². The molecule has 2 aromatic carbocycles. The van der Waals surface area contributed by atoms with Gasteiger partial charge in [-0.2, -0.15) is 0 Å². The van der Waals surface area contributed by atoms with Gasteiger partial charge in [-0.25, -0.2) is 9.37 Å². The third kappa shape index (κ3) is 5.37. The first-order valence-corrected chi connectivity index (χ1v) is 9.28. The van der Waals surface area contributed by atoms with Gasteiger partial charge in [-0.1, -0.05) is 23.4 Å². The van der Waals surface area contributed by atoms with Gasteiger partial charge < -0.3 is 9.47 Å². The largest absolute Gasteiger partial charge is 0.493 e. The van der Waals surface area contributed by atoms with Crippen LogP contribution in [0.3, 0.4) is 0 Å². The molecule has 0 bridgehead atoms. The van der Waals surface area contributed by atoms with Crippen LogP contribution in [-0.2, 0) is 6.61 Å². The number of hydrogen-bond donors (Lipinski definition) is 1. The van der Waals surface area contributed by atoms with Gasteiger partial charge >= 0.3 is 0 Å². The molecule has 8 heteroatoms. The number of H-pyrrole nitrogens is 1. The first kappa shape index (κ1) is 18.5. The molecule has 1 aromatic heterocycles. The van der Waals surface area contributed by atoms with Gasteiger partial charge in [-0.15, -0.1) is 5.10 Å². The van der Waals surface area contributed by atoms with E-state index in [-0.39, 0.29) is 5.82 Å². The average Bonchev–Trinajstić information content (AvgIpc) is 3.09. The molecule has 0 spiro atoms. The van der Waals surface area contributed by atoms with Crippen LogP contribution in [0.4, 0.5) is 4.39 Å².